The van der Waals surface area contributed by atoms with Crippen LogP contribution in [0.15, 0.2) is 0 Å². The van der Waals surface area contributed by atoms with Gasteiger partial charge < -0.3 is 10.5 Å². The van der Waals surface area contributed by atoms with Crippen molar-refractivity contribution in [2.24, 2.45) is 11.1 Å². The van der Waals surface area contributed by atoms with Crippen LogP contribution in [0.5, 0.6) is 0 Å². The third kappa shape index (κ3) is 2.13. The Kier molecular flexibility index (Phi) is 3.30. The number of nitrogens with two attached hydrogens (primary N) is 1. The fourth-order valence-electron chi connectivity index (χ4n) is 3.28. The fraction of sp³-hybridized carbons (Fsp3) is 1.00. The zero-order valence-corrected chi connectivity index (χ0v) is 11.9. The maximum atomic E-state index is 6.11. The lowest BCUT2D eigenvalue weighted by atomic mass is 9.79. The van der Waals surface area contributed by atoms with Gasteiger partial charge in [-0.15, -0.1) is 0 Å². The molecule has 1 saturated heterocycles. The van der Waals surface area contributed by atoms with Gasteiger partial charge in [0.25, 0.3) is 0 Å². The molecule has 0 aromatic rings. The maximum Gasteiger partial charge on any atom is 0.0777 e. The summed E-state index contributed by atoms with van der Waals surface area (Å²) < 4.78 is 5.70. The number of likely N-dealkylation sites (tertiary alicyclic amines) is 1. The average molecular weight is 240 g/mol. The molecule has 3 nitrogen and oxygen atoms in total. The Morgan fingerprint density at radius 2 is 1.94 bits per heavy atom. The second-order valence-corrected chi connectivity index (χ2v) is 6.72. The fourth-order valence-corrected chi connectivity index (χ4v) is 3.28. The largest absolute Gasteiger partial charge is 0.377 e. The summed E-state index contributed by atoms with van der Waals surface area (Å²) in [4.78, 5) is 2.59. The van der Waals surface area contributed by atoms with Gasteiger partial charge >= 0.3 is 0 Å². The minimum absolute atomic E-state index is 0.0138. The Labute approximate surface area is 106 Å². The van der Waals surface area contributed by atoms with Crippen molar-refractivity contribution in [2.45, 2.75) is 57.6 Å². The normalized spacial score (nSPS) is 36.5. The van der Waals surface area contributed by atoms with Gasteiger partial charge in [0.1, 0.15) is 0 Å². The van der Waals surface area contributed by atoms with Crippen LogP contribution in [0, 0.1) is 5.41 Å². The molecule has 2 fully saturated rings. The first-order valence-corrected chi connectivity index (χ1v) is 6.89. The zero-order chi connectivity index (χ0) is 12.7. The molecule has 2 aliphatic rings. The predicted molar refractivity (Wildman–Crippen MR) is 71.0 cm³/mol. The van der Waals surface area contributed by atoms with E-state index < -0.39 is 0 Å². The highest BCUT2D eigenvalue weighted by molar-refractivity contribution is 5.11. The quantitative estimate of drug-likeness (QED) is 0.817. The lowest BCUT2D eigenvalue weighted by Crippen LogP contribution is -2.62. The van der Waals surface area contributed by atoms with E-state index in [9.17, 15) is 0 Å². The van der Waals surface area contributed by atoms with Crippen molar-refractivity contribution in [3.8, 4) is 0 Å². The Morgan fingerprint density at radius 1 is 1.29 bits per heavy atom. The van der Waals surface area contributed by atoms with E-state index >= 15 is 0 Å². The summed E-state index contributed by atoms with van der Waals surface area (Å²) in [6.45, 7) is 9.91. The van der Waals surface area contributed by atoms with Crippen molar-refractivity contribution in [1.29, 1.82) is 0 Å². The molecule has 2 atom stereocenters. The van der Waals surface area contributed by atoms with Crippen LogP contribution >= 0.6 is 0 Å². The third-order valence-corrected chi connectivity index (χ3v) is 5.55. The molecule has 0 bridgehead atoms. The third-order valence-electron chi connectivity index (χ3n) is 5.55. The summed E-state index contributed by atoms with van der Waals surface area (Å²) in [5.41, 5.74) is 6.70. The van der Waals surface area contributed by atoms with E-state index in [-0.39, 0.29) is 11.1 Å². The molecule has 0 radical (unpaired) electrons. The first-order chi connectivity index (χ1) is 7.89. The topological polar surface area (TPSA) is 38.5 Å². The van der Waals surface area contributed by atoms with E-state index in [0.29, 0.717) is 5.41 Å². The minimum Gasteiger partial charge on any atom is -0.377 e. The number of nitrogens with zero attached hydrogens (tertiary/aromatic N) is 1. The minimum atomic E-state index is 0.0138. The second-order valence-electron chi connectivity index (χ2n) is 6.72. The van der Waals surface area contributed by atoms with Crippen molar-refractivity contribution >= 4 is 0 Å². The van der Waals surface area contributed by atoms with Crippen LogP contribution in [-0.2, 0) is 4.74 Å². The van der Waals surface area contributed by atoms with Gasteiger partial charge in [0.2, 0.25) is 0 Å². The number of hydrogen-bond donors (Lipinski definition) is 1. The molecule has 1 saturated carbocycles. The molecule has 1 aliphatic carbocycles. The molecule has 0 spiro atoms. The van der Waals surface area contributed by atoms with E-state index in [0.717, 1.165) is 19.5 Å². The maximum absolute atomic E-state index is 6.11. The number of rotatable bonds is 4. The molecule has 2 unspecified atom stereocenters. The van der Waals surface area contributed by atoms with Gasteiger partial charge in [0.05, 0.1) is 5.60 Å². The monoisotopic (exact) mass is 240 g/mol. The standard InChI is InChI=1S/C14H28N2O/c1-12(7-8-12)14(3,10-15)16-9-5-6-13(2,11-16)17-4/h5-11,15H2,1-4H3. The van der Waals surface area contributed by atoms with E-state index in [1.54, 1.807) is 0 Å². The van der Waals surface area contributed by atoms with Crippen LogP contribution in [0.4, 0.5) is 0 Å². The lowest BCUT2D eigenvalue weighted by molar-refractivity contribution is -0.0901. The lowest BCUT2D eigenvalue weighted by Gasteiger charge is -2.51. The average Bonchev–Trinajstić information content (AvgIpc) is 3.08. The van der Waals surface area contributed by atoms with Gasteiger partial charge in [-0.25, -0.2) is 0 Å². The van der Waals surface area contributed by atoms with Crippen LogP contribution in [0.1, 0.15) is 46.5 Å². The Hall–Kier alpha value is -0.120. The molecule has 2 N–H and O–H groups in total. The Balaban J connectivity index is 2.15. The van der Waals surface area contributed by atoms with Crippen molar-refractivity contribution in [2.75, 3.05) is 26.7 Å². The number of hydrogen-bond acceptors (Lipinski definition) is 3. The van der Waals surface area contributed by atoms with E-state index in [4.69, 9.17) is 10.5 Å². The molecule has 1 aliphatic heterocycles. The molecule has 3 heteroatoms. The van der Waals surface area contributed by atoms with E-state index in [1.165, 1.54) is 25.8 Å². The molecule has 2 rings (SSSR count). The van der Waals surface area contributed by atoms with Crippen molar-refractivity contribution in [3.05, 3.63) is 0 Å². The van der Waals surface area contributed by atoms with Crippen LogP contribution in [0.25, 0.3) is 0 Å². The molecule has 1 heterocycles. The van der Waals surface area contributed by atoms with Crippen LogP contribution in [-0.4, -0.2) is 42.8 Å². The van der Waals surface area contributed by atoms with E-state index in [2.05, 4.69) is 25.7 Å². The van der Waals surface area contributed by atoms with Crippen molar-refractivity contribution in [3.63, 3.8) is 0 Å². The molecular weight excluding hydrogens is 212 g/mol. The second kappa shape index (κ2) is 4.22. The van der Waals surface area contributed by atoms with Crippen LogP contribution in [0.2, 0.25) is 0 Å². The first kappa shape index (κ1) is 13.3. The van der Waals surface area contributed by atoms with Gasteiger partial charge in [-0.3, -0.25) is 4.90 Å². The van der Waals surface area contributed by atoms with Gasteiger partial charge in [-0.2, -0.15) is 0 Å². The molecular formula is C14H28N2O. The van der Waals surface area contributed by atoms with E-state index in [1.807, 2.05) is 7.11 Å². The SMILES string of the molecule is COC1(C)CCCN(C(C)(CN)C2(C)CC2)C1. The Morgan fingerprint density at radius 3 is 2.41 bits per heavy atom. The number of ether oxygens (including phenoxy) is 1. The van der Waals surface area contributed by atoms with Crippen LogP contribution < -0.4 is 5.73 Å². The van der Waals surface area contributed by atoms with Gasteiger partial charge in [0.15, 0.2) is 0 Å². The highest BCUT2D eigenvalue weighted by Gasteiger charge is 2.56. The van der Waals surface area contributed by atoms with Crippen molar-refractivity contribution < 1.29 is 4.74 Å². The molecule has 17 heavy (non-hydrogen) atoms. The summed E-state index contributed by atoms with van der Waals surface area (Å²) in [5.74, 6) is 0. The molecule has 0 aromatic heterocycles. The highest BCUT2D eigenvalue weighted by atomic mass is 16.5. The summed E-state index contributed by atoms with van der Waals surface area (Å²) in [5, 5.41) is 0. The van der Waals surface area contributed by atoms with Crippen LogP contribution in [0.3, 0.4) is 0 Å². The van der Waals surface area contributed by atoms with Gasteiger partial charge in [-0.05, 0) is 51.5 Å². The van der Waals surface area contributed by atoms with Gasteiger partial charge in [-0.1, -0.05) is 6.92 Å². The first-order valence-electron chi connectivity index (χ1n) is 6.89. The molecule has 0 aromatic carbocycles. The summed E-state index contributed by atoms with van der Waals surface area (Å²) in [6.07, 6.45) is 5.02. The number of piperidine rings is 1. The summed E-state index contributed by atoms with van der Waals surface area (Å²) in [6, 6.07) is 0. The number of methoxy groups -OCH3 is 1. The zero-order valence-electron chi connectivity index (χ0n) is 11.9. The van der Waals surface area contributed by atoms with Crippen molar-refractivity contribution in [1.82, 2.24) is 4.90 Å². The Bertz CT molecular complexity index is 290. The summed E-state index contributed by atoms with van der Waals surface area (Å²) in [7, 11) is 1.84. The molecule has 0 amide bonds. The van der Waals surface area contributed by atoms with Gasteiger partial charge in [0, 0.05) is 25.7 Å². The predicted octanol–water partition coefficient (Wildman–Crippen LogP) is 2.00. The smallest absolute Gasteiger partial charge is 0.0777 e. The molecule has 100 valence electrons. The highest BCUT2D eigenvalue weighted by Crippen LogP contribution is 2.56. The summed E-state index contributed by atoms with van der Waals surface area (Å²) >= 11 is 0.